The minimum atomic E-state index is -1.94. The van der Waals surface area contributed by atoms with Crippen molar-refractivity contribution in [3.05, 3.63) is 0 Å². The topological polar surface area (TPSA) is 579 Å². The largest absolute Gasteiger partial charge is 0.463 e. The molecule has 4 aliphatic rings. The van der Waals surface area contributed by atoms with Gasteiger partial charge in [0.15, 0.2) is 98.4 Å². The summed E-state index contributed by atoms with van der Waals surface area (Å²) in [5.74, 6) is -17.9. The molecule has 4 rings (SSSR count). The van der Waals surface area contributed by atoms with Crippen LogP contribution in [0, 0.1) is 0 Å². The summed E-state index contributed by atoms with van der Waals surface area (Å²) >= 11 is 0. The Labute approximate surface area is 639 Å². The Morgan fingerprint density at radius 2 is 0.455 bits per heavy atom. The Hall–Kier alpha value is -9.90. The quantitative estimate of drug-likeness (QED) is 0.0398. The van der Waals surface area contributed by atoms with Crippen molar-refractivity contribution in [1.29, 1.82) is 0 Å². The van der Waals surface area contributed by atoms with Gasteiger partial charge in [-0.3, -0.25) is 86.3 Å². The van der Waals surface area contributed by atoms with Gasteiger partial charge in [0.1, 0.15) is 50.8 Å². The van der Waals surface area contributed by atoms with Gasteiger partial charge in [-0.1, -0.05) is 0 Å². The number of esters is 16. The van der Waals surface area contributed by atoms with E-state index in [1.54, 1.807) is 0 Å². The molecule has 4 heterocycles. The summed E-state index contributed by atoms with van der Waals surface area (Å²) in [6.07, 6.45) is -36.7. The third-order valence-electron chi connectivity index (χ3n) is 15.4. The molecule has 0 aromatic carbocycles. The van der Waals surface area contributed by atoms with Crippen molar-refractivity contribution in [2.45, 2.75) is 265 Å². The van der Waals surface area contributed by atoms with E-state index >= 15 is 0 Å². The first-order chi connectivity index (χ1) is 52.4. The van der Waals surface area contributed by atoms with Crippen LogP contribution in [0.1, 0.15) is 124 Å². The molecule has 630 valence electrons. The van der Waals surface area contributed by atoms with Gasteiger partial charge in [-0.2, -0.15) is 0 Å². The van der Waals surface area contributed by atoms with Crippen LogP contribution in [-0.2, 0) is 200 Å². The van der Waals surface area contributed by atoms with Crippen LogP contribution in [0.25, 0.3) is 0 Å². The summed E-state index contributed by atoms with van der Waals surface area (Å²) in [5, 5.41) is 5.12. The van der Waals surface area contributed by atoms with Crippen molar-refractivity contribution < 1.29 is 200 Å². The normalized spacial score (nSPS) is 27.8. The van der Waals surface area contributed by atoms with E-state index in [0.717, 1.165) is 111 Å². The second-order valence-electron chi connectivity index (χ2n) is 25.2. The van der Waals surface area contributed by atoms with Gasteiger partial charge in [0, 0.05) is 117 Å². The van der Waals surface area contributed by atoms with Crippen molar-refractivity contribution in [3.63, 3.8) is 0 Å². The SMILES string of the molecule is CC(=O)OC[C@H]1O[C@@H](OCC(CO[C@@H]2O[C@H](COC(C)=O)[C@H](OC(C)=O)[C@H](OC(C)=O)[C@H]2OC(C)=O)NC(=O)CCC(N)C(=O)NC(CO[C@@H]2O[C@H](COC(C)=O)[C@H](OC(C)=O)[C@H](OC(C)=O)[C@H]2OC(C)=O)CO[C@@H]2O[C@H](COC(C)=O)[C@H](OC(C)=O)[C@H](OC(C)=O)[C@H]2OC(C)=O)[C@H](OC(C)=O)[C@@H](OC(C)=O)[C@H]1OC(C)=O. The number of ether oxygens (including phenoxy) is 24. The fourth-order valence-corrected chi connectivity index (χ4v) is 11.4. The molecular weight excluding hydrogens is 1520 g/mol. The zero-order valence-electron chi connectivity index (χ0n) is 64.1. The lowest BCUT2D eigenvalue weighted by atomic mass is 9.98. The lowest BCUT2D eigenvalue weighted by Gasteiger charge is -2.44. The molecule has 112 heavy (non-hydrogen) atoms. The molecule has 0 aliphatic carbocycles. The molecule has 0 spiro atoms. The van der Waals surface area contributed by atoms with E-state index in [9.17, 15) is 86.3 Å². The van der Waals surface area contributed by atoms with Crippen molar-refractivity contribution in [3.8, 4) is 0 Å². The van der Waals surface area contributed by atoms with E-state index in [4.69, 9.17) is 119 Å². The lowest BCUT2D eigenvalue weighted by molar-refractivity contribution is -0.315. The van der Waals surface area contributed by atoms with Crippen LogP contribution >= 0.6 is 0 Å². The average Bonchev–Trinajstić information content (AvgIpc) is 0.803. The Bertz CT molecular complexity index is 3160. The lowest BCUT2D eigenvalue weighted by Crippen LogP contribution is -2.64. The monoisotopic (exact) mass is 1610 g/mol. The van der Waals surface area contributed by atoms with E-state index in [1.165, 1.54) is 0 Å². The van der Waals surface area contributed by atoms with E-state index in [2.05, 4.69) is 10.6 Å². The van der Waals surface area contributed by atoms with E-state index < -0.39 is 314 Å². The van der Waals surface area contributed by atoms with Crippen LogP contribution in [0.5, 0.6) is 0 Å². The fraction of sp³-hybridized carbons (Fsp3) is 0.731. The first kappa shape index (κ1) is 94.5. The van der Waals surface area contributed by atoms with Crippen LogP contribution in [-0.4, -0.2) is 301 Å². The maximum Gasteiger partial charge on any atom is 0.303 e. The average molecular weight is 1610 g/mol. The van der Waals surface area contributed by atoms with Gasteiger partial charge < -0.3 is 130 Å². The summed E-state index contributed by atoms with van der Waals surface area (Å²) in [6, 6.07) is -5.01. The smallest absolute Gasteiger partial charge is 0.303 e. The van der Waals surface area contributed by atoms with Crippen molar-refractivity contribution in [1.82, 2.24) is 10.6 Å². The van der Waals surface area contributed by atoms with Gasteiger partial charge in [0.2, 0.25) is 11.8 Å². The molecule has 2 amide bonds. The van der Waals surface area contributed by atoms with Crippen molar-refractivity contribution in [2.75, 3.05) is 52.9 Å². The molecule has 4 saturated heterocycles. The first-order valence-corrected chi connectivity index (χ1v) is 34.5. The minimum Gasteiger partial charge on any atom is -0.463 e. The number of rotatable bonds is 38. The highest BCUT2D eigenvalue weighted by molar-refractivity contribution is 5.83. The Balaban J connectivity index is 1.85. The Morgan fingerprint density at radius 3 is 0.652 bits per heavy atom. The van der Waals surface area contributed by atoms with Crippen LogP contribution in [0.15, 0.2) is 0 Å². The highest BCUT2D eigenvalue weighted by Crippen LogP contribution is 2.35. The van der Waals surface area contributed by atoms with Crippen LogP contribution < -0.4 is 16.4 Å². The maximum absolute atomic E-state index is 14.6. The zero-order valence-corrected chi connectivity index (χ0v) is 64.1. The molecule has 0 aromatic rings. The van der Waals surface area contributed by atoms with E-state index in [1.807, 2.05) is 0 Å². The number of carbonyl (C=O) groups is 18. The summed E-state index contributed by atoms with van der Waals surface area (Å²) < 4.78 is 136. The number of carbonyl (C=O) groups excluding carboxylic acids is 18. The Kier molecular flexibility index (Phi) is 38.4. The number of amides is 2. The molecule has 21 atom stereocenters. The second-order valence-corrected chi connectivity index (χ2v) is 25.2. The summed E-state index contributed by atoms with van der Waals surface area (Å²) in [5.41, 5.74) is 6.52. The minimum absolute atomic E-state index is 0.626. The van der Waals surface area contributed by atoms with Crippen LogP contribution in [0.2, 0.25) is 0 Å². The first-order valence-electron chi connectivity index (χ1n) is 34.5. The predicted molar refractivity (Wildman–Crippen MR) is 353 cm³/mol. The van der Waals surface area contributed by atoms with E-state index in [-0.39, 0.29) is 0 Å². The van der Waals surface area contributed by atoms with Crippen molar-refractivity contribution in [2.24, 2.45) is 5.73 Å². The van der Waals surface area contributed by atoms with Gasteiger partial charge in [-0.15, -0.1) is 0 Å². The highest BCUT2D eigenvalue weighted by Gasteiger charge is 2.58. The summed E-state index contributed by atoms with van der Waals surface area (Å²) in [7, 11) is 0. The number of hydrogen-bond acceptors (Lipinski definition) is 43. The zero-order chi connectivity index (χ0) is 84.1. The molecule has 1 unspecified atom stereocenters. The molecule has 0 bridgehead atoms. The molecule has 4 aliphatic heterocycles. The third kappa shape index (κ3) is 32.1. The molecule has 0 saturated carbocycles. The van der Waals surface area contributed by atoms with Crippen molar-refractivity contribution >= 4 is 107 Å². The van der Waals surface area contributed by atoms with Gasteiger partial charge in [0.25, 0.3) is 0 Å². The van der Waals surface area contributed by atoms with Crippen LogP contribution in [0.3, 0.4) is 0 Å². The molecule has 0 radical (unpaired) electrons. The maximum atomic E-state index is 14.6. The molecule has 4 N–H and O–H groups in total. The van der Waals surface area contributed by atoms with Gasteiger partial charge in [-0.25, -0.2) is 0 Å². The third-order valence-corrected chi connectivity index (χ3v) is 15.4. The van der Waals surface area contributed by atoms with Gasteiger partial charge >= 0.3 is 95.5 Å². The Morgan fingerprint density at radius 1 is 0.268 bits per heavy atom. The molecule has 0 aromatic heterocycles. The van der Waals surface area contributed by atoms with Gasteiger partial charge in [-0.05, 0) is 6.42 Å². The van der Waals surface area contributed by atoms with E-state index in [0.29, 0.717) is 0 Å². The molecule has 45 nitrogen and oxygen atoms in total. The molecular formula is C67H95N3O42. The summed E-state index contributed by atoms with van der Waals surface area (Å²) in [6.45, 7) is 9.07. The highest BCUT2D eigenvalue weighted by atomic mass is 16.8. The van der Waals surface area contributed by atoms with Gasteiger partial charge in [0.05, 0.1) is 44.6 Å². The predicted octanol–water partition coefficient (Wildman–Crippen LogP) is -3.54. The summed E-state index contributed by atoms with van der Waals surface area (Å²) in [4.78, 5) is 230. The standard InChI is InChI=1S/C67H95N3O42/c1-27(71)89-23-46-51(97-31(5)75)55(101-35(9)79)59(105-39(13)83)64(109-46)93-19-43(20-94-65-60(106-40(14)84)56(102-36(10)80)52(98-32(6)76)47(110-65)24-90-28(2)72)69-50(87)18-17-45(68)63(88)70-44(21-95-66-61(107-41(15)85)57(103-37(11)81)53(99-33(7)77)48(111-66)25-91-29(3)73)22-96-67-62(108-42(16)86)58(104-38(12)82)54(100-34(8)78)49(112-67)26-92-30(4)74/h43-49,51-62,64-67H,17-26,68H2,1-16H3,(H,69,87)(H,70,88)/t45?,46-,47-,48-,49-,51+,52+,53+,54+,55+,56+,57+,58+,59-,60-,61-,62-,64-,65-,66-,67-/m1/s1. The number of nitrogens with two attached hydrogens (primary N) is 1. The second kappa shape index (κ2) is 45.6. The van der Waals surface area contributed by atoms with Crippen LogP contribution in [0.4, 0.5) is 0 Å². The fourth-order valence-electron chi connectivity index (χ4n) is 11.4. The number of hydrogen-bond donors (Lipinski definition) is 3. The molecule has 4 fully saturated rings. The number of nitrogens with one attached hydrogen (secondary N) is 2. The molecule has 45 heteroatoms.